The molecule has 19 heavy (non-hydrogen) atoms. The van der Waals surface area contributed by atoms with E-state index in [1.165, 1.54) is 5.56 Å². The van der Waals surface area contributed by atoms with Gasteiger partial charge >= 0.3 is 0 Å². The molecule has 3 rings (SSSR count). The quantitative estimate of drug-likeness (QED) is 0.651. The van der Waals surface area contributed by atoms with Crippen molar-refractivity contribution < 1.29 is 4.74 Å². The molecule has 2 aromatic rings. The molecule has 4 nitrogen and oxygen atoms in total. The van der Waals surface area contributed by atoms with Gasteiger partial charge in [-0.3, -0.25) is 16.3 Å². The molecule has 1 aromatic heterocycles. The SMILES string of the molecule is NNC(c1cccnc1)C1CCOc2ccccc21. The molecule has 0 saturated carbocycles. The van der Waals surface area contributed by atoms with Gasteiger partial charge in [0.2, 0.25) is 0 Å². The first kappa shape index (κ1) is 12.1. The molecule has 2 heterocycles. The van der Waals surface area contributed by atoms with Crippen molar-refractivity contribution in [1.29, 1.82) is 0 Å². The molecule has 3 N–H and O–H groups in total. The van der Waals surface area contributed by atoms with Crippen LogP contribution in [0.3, 0.4) is 0 Å². The van der Waals surface area contributed by atoms with Crippen molar-refractivity contribution in [3.8, 4) is 5.75 Å². The van der Waals surface area contributed by atoms with Gasteiger partial charge in [0, 0.05) is 18.3 Å². The summed E-state index contributed by atoms with van der Waals surface area (Å²) in [5.74, 6) is 7.04. The van der Waals surface area contributed by atoms with E-state index < -0.39 is 0 Å². The van der Waals surface area contributed by atoms with Crippen LogP contribution < -0.4 is 16.0 Å². The number of rotatable bonds is 3. The van der Waals surface area contributed by atoms with E-state index in [0.29, 0.717) is 5.92 Å². The fourth-order valence-electron chi connectivity index (χ4n) is 2.72. The zero-order valence-corrected chi connectivity index (χ0v) is 10.6. The van der Waals surface area contributed by atoms with Crippen LogP contribution >= 0.6 is 0 Å². The van der Waals surface area contributed by atoms with Crippen molar-refractivity contribution in [2.75, 3.05) is 6.61 Å². The van der Waals surface area contributed by atoms with E-state index >= 15 is 0 Å². The molecule has 0 fully saturated rings. The van der Waals surface area contributed by atoms with Crippen LogP contribution in [0.4, 0.5) is 0 Å². The van der Waals surface area contributed by atoms with Gasteiger partial charge in [0.05, 0.1) is 12.6 Å². The summed E-state index contributed by atoms with van der Waals surface area (Å²) in [6, 6.07) is 12.2. The Morgan fingerprint density at radius 2 is 2.16 bits per heavy atom. The number of ether oxygens (including phenoxy) is 1. The second-order valence-electron chi connectivity index (χ2n) is 4.71. The summed E-state index contributed by atoms with van der Waals surface area (Å²) in [4.78, 5) is 4.18. The van der Waals surface area contributed by atoms with Crippen LogP contribution in [0.2, 0.25) is 0 Å². The van der Waals surface area contributed by atoms with Crippen molar-refractivity contribution in [3.05, 3.63) is 59.9 Å². The van der Waals surface area contributed by atoms with Crippen LogP contribution in [-0.4, -0.2) is 11.6 Å². The first-order valence-corrected chi connectivity index (χ1v) is 6.48. The topological polar surface area (TPSA) is 60.2 Å². The summed E-state index contributed by atoms with van der Waals surface area (Å²) >= 11 is 0. The Bertz CT molecular complexity index is 544. The molecule has 1 aliphatic rings. The minimum absolute atomic E-state index is 0.0544. The smallest absolute Gasteiger partial charge is 0.122 e. The lowest BCUT2D eigenvalue weighted by molar-refractivity contribution is 0.246. The lowest BCUT2D eigenvalue weighted by Crippen LogP contribution is -2.34. The minimum atomic E-state index is 0.0544. The molecule has 0 saturated heterocycles. The number of hydrogen-bond acceptors (Lipinski definition) is 4. The third-order valence-corrected chi connectivity index (χ3v) is 3.63. The molecule has 1 aromatic carbocycles. The largest absolute Gasteiger partial charge is 0.493 e. The van der Waals surface area contributed by atoms with Gasteiger partial charge in [-0.25, -0.2) is 0 Å². The number of para-hydroxylation sites is 1. The molecule has 0 amide bonds. The lowest BCUT2D eigenvalue weighted by Gasteiger charge is -2.32. The Hall–Kier alpha value is -1.91. The van der Waals surface area contributed by atoms with Gasteiger partial charge in [0.25, 0.3) is 0 Å². The second kappa shape index (κ2) is 5.38. The molecule has 1 aliphatic heterocycles. The molecule has 0 aliphatic carbocycles. The number of nitrogens with two attached hydrogens (primary N) is 1. The van der Waals surface area contributed by atoms with Crippen LogP contribution in [0.1, 0.15) is 29.5 Å². The van der Waals surface area contributed by atoms with Gasteiger partial charge in [-0.1, -0.05) is 24.3 Å². The number of pyridine rings is 1. The van der Waals surface area contributed by atoms with Gasteiger partial charge in [-0.2, -0.15) is 0 Å². The number of nitrogens with one attached hydrogen (secondary N) is 1. The number of aromatic nitrogens is 1. The number of hydrogen-bond donors (Lipinski definition) is 2. The lowest BCUT2D eigenvalue weighted by atomic mass is 9.84. The Kier molecular flexibility index (Phi) is 3.44. The number of benzene rings is 1. The van der Waals surface area contributed by atoms with E-state index in [2.05, 4.69) is 22.5 Å². The zero-order chi connectivity index (χ0) is 13.1. The minimum Gasteiger partial charge on any atom is -0.493 e. The van der Waals surface area contributed by atoms with E-state index in [-0.39, 0.29) is 6.04 Å². The maximum absolute atomic E-state index is 5.77. The van der Waals surface area contributed by atoms with Gasteiger partial charge in [0.15, 0.2) is 0 Å². The Labute approximate surface area is 112 Å². The predicted molar refractivity (Wildman–Crippen MR) is 73.6 cm³/mol. The second-order valence-corrected chi connectivity index (χ2v) is 4.71. The summed E-state index contributed by atoms with van der Waals surface area (Å²) in [6.07, 6.45) is 4.58. The van der Waals surface area contributed by atoms with Crippen molar-refractivity contribution in [2.45, 2.75) is 18.4 Å². The van der Waals surface area contributed by atoms with Crippen molar-refractivity contribution in [3.63, 3.8) is 0 Å². The molecule has 2 unspecified atom stereocenters. The van der Waals surface area contributed by atoms with Crippen molar-refractivity contribution in [1.82, 2.24) is 10.4 Å². The summed E-state index contributed by atoms with van der Waals surface area (Å²) in [7, 11) is 0. The van der Waals surface area contributed by atoms with Crippen LogP contribution in [0.15, 0.2) is 48.8 Å². The summed E-state index contributed by atoms with van der Waals surface area (Å²) < 4.78 is 5.70. The first-order chi connectivity index (χ1) is 9.40. The van der Waals surface area contributed by atoms with E-state index in [9.17, 15) is 0 Å². The average molecular weight is 255 g/mol. The highest BCUT2D eigenvalue weighted by Crippen LogP contribution is 2.40. The molecular formula is C15H17N3O. The average Bonchev–Trinajstić information content (AvgIpc) is 2.49. The number of hydrazine groups is 1. The molecule has 0 bridgehead atoms. The van der Waals surface area contributed by atoms with E-state index in [0.717, 1.165) is 24.3 Å². The van der Waals surface area contributed by atoms with E-state index in [1.807, 2.05) is 30.5 Å². The van der Waals surface area contributed by atoms with E-state index in [1.54, 1.807) is 6.20 Å². The third kappa shape index (κ3) is 2.32. The highest BCUT2D eigenvalue weighted by molar-refractivity contribution is 5.40. The van der Waals surface area contributed by atoms with Crippen LogP contribution in [0, 0.1) is 0 Å². The Morgan fingerprint density at radius 1 is 1.26 bits per heavy atom. The van der Waals surface area contributed by atoms with Crippen LogP contribution in [-0.2, 0) is 0 Å². The molecule has 98 valence electrons. The zero-order valence-electron chi connectivity index (χ0n) is 10.6. The standard InChI is InChI=1S/C15H17N3O/c16-18-15(11-4-3-8-17-10-11)13-7-9-19-14-6-2-1-5-12(13)14/h1-6,8,10,13,15,18H,7,9,16H2. The summed E-state index contributed by atoms with van der Waals surface area (Å²) in [5.41, 5.74) is 5.25. The van der Waals surface area contributed by atoms with Gasteiger partial charge in [0.1, 0.15) is 5.75 Å². The Morgan fingerprint density at radius 3 is 2.95 bits per heavy atom. The molecule has 2 atom stereocenters. The predicted octanol–water partition coefficient (Wildman–Crippen LogP) is 2.15. The fraction of sp³-hybridized carbons (Fsp3) is 0.267. The molecule has 0 radical (unpaired) electrons. The van der Waals surface area contributed by atoms with Gasteiger partial charge in [-0.15, -0.1) is 0 Å². The van der Waals surface area contributed by atoms with Gasteiger partial charge < -0.3 is 4.74 Å². The first-order valence-electron chi connectivity index (χ1n) is 6.48. The summed E-state index contributed by atoms with van der Waals surface area (Å²) in [5, 5.41) is 0. The Balaban J connectivity index is 1.97. The number of fused-ring (bicyclic) bond motifs is 1. The van der Waals surface area contributed by atoms with Gasteiger partial charge in [-0.05, 0) is 29.7 Å². The van der Waals surface area contributed by atoms with Crippen molar-refractivity contribution >= 4 is 0 Å². The monoisotopic (exact) mass is 255 g/mol. The third-order valence-electron chi connectivity index (χ3n) is 3.63. The highest BCUT2D eigenvalue weighted by atomic mass is 16.5. The fourth-order valence-corrected chi connectivity index (χ4v) is 2.72. The highest BCUT2D eigenvalue weighted by Gasteiger charge is 2.29. The van der Waals surface area contributed by atoms with Crippen molar-refractivity contribution in [2.24, 2.45) is 5.84 Å². The maximum Gasteiger partial charge on any atom is 0.122 e. The molecular weight excluding hydrogens is 238 g/mol. The normalized spacial score (nSPS) is 19.3. The summed E-state index contributed by atoms with van der Waals surface area (Å²) in [6.45, 7) is 0.722. The number of nitrogens with zero attached hydrogens (tertiary/aromatic N) is 1. The maximum atomic E-state index is 5.77. The molecule has 4 heteroatoms. The van der Waals surface area contributed by atoms with Crippen LogP contribution in [0.25, 0.3) is 0 Å². The van der Waals surface area contributed by atoms with Crippen LogP contribution in [0.5, 0.6) is 5.75 Å². The molecule has 0 spiro atoms. The van der Waals surface area contributed by atoms with E-state index in [4.69, 9.17) is 10.6 Å².